The molecular formula is C19H29NO3. The fourth-order valence-electron chi connectivity index (χ4n) is 3.58. The van der Waals surface area contributed by atoms with E-state index in [1.54, 1.807) is 6.92 Å². The summed E-state index contributed by atoms with van der Waals surface area (Å²) in [4.78, 5) is 17.2. The molecule has 2 unspecified atom stereocenters. The average molecular weight is 319 g/mol. The van der Waals surface area contributed by atoms with Crippen LogP contribution in [0.5, 0.6) is 0 Å². The molecule has 0 aromatic carbocycles. The fourth-order valence-corrected chi connectivity index (χ4v) is 3.58. The van der Waals surface area contributed by atoms with Gasteiger partial charge in [0.05, 0.1) is 24.0 Å². The second kappa shape index (κ2) is 6.60. The van der Waals surface area contributed by atoms with Crippen LogP contribution in [0.1, 0.15) is 92.4 Å². The van der Waals surface area contributed by atoms with Gasteiger partial charge in [-0.05, 0) is 43.6 Å². The summed E-state index contributed by atoms with van der Waals surface area (Å²) >= 11 is 0. The van der Waals surface area contributed by atoms with E-state index in [-0.39, 0.29) is 17.3 Å². The van der Waals surface area contributed by atoms with Gasteiger partial charge in [-0.2, -0.15) is 0 Å². The highest BCUT2D eigenvalue weighted by molar-refractivity contribution is 5.93. The molecular weight excluding hydrogens is 290 g/mol. The first kappa shape index (κ1) is 17.9. The standard InChI is InChI=1S/C19H29NO3/c1-7-19(6)9-13-15(14(21)10-19)12(5)16(18(22)23-8-2)17(20-13)11(3)4/h11,14,21H,7-10H2,1-6H3. The Kier molecular flexibility index (Phi) is 5.14. The molecule has 1 heterocycles. The number of aliphatic hydroxyl groups excluding tert-OH is 1. The van der Waals surface area contributed by atoms with Gasteiger partial charge in [-0.25, -0.2) is 4.79 Å². The number of esters is 1. The molecule has 128 valence electrons. The number of fused-ring (bicyclic) bond motifs is 1. The van der Waals surface area contributed by atoms with E-state index in [2.05, 4.69) is 13.8 Å². The lowest BCUT2D eigenvalue weighted by Crippen LogP contribution is -2.31. The van der Waals surface area contributed by atoms with E-state index in [1.165, 1.54) is 0 Å². The molecule has 0 radical (unpaired) electrons. The first-order chi connectivity index (χ1) is 10.7. The van der Waals surface area contributed by atoms with Crippen molar-refractivity contribution in [2.45, 2.75) is 72.8 Å². The third-order valence-electron chi connectivity index (χ3n) is 5.10. The first-order valence-electron chi connectivity index (χ1n) is 8.62. The molecule has 2 rings (SSSR count). The number of hydrogen-bond acceptors (Lipinski definition) is 4. The van der Waals surface area contributed by atoms with Crippen molar-refractivity contribution in [3.63, 3.8) is 0 Å². The zero-order chi connectivity index (χ0) is 17.4. The number of rotatable bonds is 4. The summed E-state index contributed by atoms with van der Waals surface area (Å²) in [6.07, 6.45) is 1.99. The molecule has 1 aliphatic rings. The Hall–Kier alpha value is -1.42. The largest absolute Gasteiger partial charge is 0.462 e. The molecule has 0 fully saturated rings. The Morgan fingerprint density at radius 3 is 2.61 bits per heavy atom. The highest BCUT2D eigenvalue weighted by Gasteiger charge is 2.37. The number of pyridine rings is 1. The topological polar surface area (TPSA) is 59.4 Å². The molecule has 0 amide bonds. The molecule has 23 heavy (non-hydrogen) atoms. The van der Waals surface area contributed by atoms with Crippen molar-refractivity contribution >= 4 is 5.97 Å². The summed E-state index contributed by atoms with van der Waals surface area (Å²) in [5.74, 6) is -0.203. The predicted molar refractivity (Wildman–Crippen MR) is 90.7 cm³/mol. The summed E-state index contributed by atoms with van der Waals surface area (Å²) in [6, 6.07) is 0. The maximum Gasteiger partial charge on any atom is 0.340 e. The lowest BCUT2D eigenvalue weighted by molar-refractivity contribution is 0.0520. The van der Waals surface area contributed by atoms with Crippen molar-refractivity contribution in [1.29, 1.82) is 0 Å². The van der Waals surface area contributed by atoms with Crippen LogP contribution in [0.15, 0.2) is 0 Å². The van der Waals surface area contributed by atoms with E-state index < -0.39 is 6.10 Å². The molecule has 1 aromatic heterocycles. The Labute approximate surface area is 139 Å². The van der Waals surface area contributed by atoms with Crippen LogP contribution < -0.4 is 0 Å². The summed E-state index contributed by atoms with van der Waals surface area (Å²) in [5.41, 5.74) is 4.01. The molecule has 4 heteroatoms. The number of aliphatic hydroxyl groups is 1. The minimum Gasteiger partial charge on any atom is -0.462 e. The van der Waals surface area contributed by atoms with Crippen LogP contribution in [0.3, 0.4) is 0 Å². The average Bonchev–Trinajstić information content (AvgIpc) is 2.46. The molecule has 4 nitrogen and oxygen atoms in total. The van der Waals surface area contributed by atoms with Gasteiger partial charge in [0.15, 0.2) is 0 Å². The number of nitrogens with zero attached hydrogens (tertiary/aromatic N) is 1. The number of carbonyl (C=O) groups excluding carboxylic acids is 1. The summed E-state index contributed by atoms with van der Waals surface area (Å²) in [5, 5.41) is 10.7. The molecule has 0 saturated carbocycles. The van der Waals surface area contributed by atoms with Gasteiger partial charge in [-0.1, -0.05) is 34.1 Å². The molecule has 0 bridgehead atoms. The van der Waals surface area contributed by atoms with Gasteiger partial charge in [0.25, 0.3) is 0 Å². The molecule has 0 aliphatic heterocycles. The van der Waals surface area contributed by atoms with Crippen molar-refractivity contribution < 1.29 is 14.6 Å². The van der Waals surface area contributed by atoms with Gasteiger partial charge in [-0.15, -0.1) is 0 Å². The van der Waals surface area contributed by atoms with Gasteiger partial charge in [0.1, 0.15) is 0 Å². The second-order valence-electron chi connectivity index (χ2n) is 7.29. The monoisotopic (exact) mass is 319 g/mol. The fraction of sp³-hybridized carbons (Fsp3) is 0.684. The van der Waals surface area contributed by atoms with Crippen molar-refractivity contribution in [2.24, 2.45) is 5.41 Å². The van der Waals surface area contributed by atoms with Crippen LogP contribution in [0, 0.1) is 12.3 Å². The van der Waals surface area contributed by atoms with Crippen molar-refractivity contribution in [3.8, 4) is 0 Å². The van der Waals surface area contributed by atoms with Gasteiger partial charge in [0, 0.05) is 11.3 Å². The highest BCUT2D eigenvalue weighted by Crippen LogP contribution is 2.45. The van der Waals surface area contributed by atoms with Gasteiger partial charge in [0.2, 0.25) is 0 Å². The van der Waals surface area contributed by atoms with Crippen LogP contribution in [-0.2, 0) is 11.2 Å². The first-order valence-corrected chi connectivity index (χ1v) is 8.62. The zero-order valence-corrected chi connectivity index (χ0v) is 15.2. The Balaban J connectivity index is 2.65. The van der Waals surface area contributed by atoms with E-state index in [0.717, 1.165) is 35.4 Å². The molecule has 1 aromatic rings. The lowest BCUT2D eigenvalue weighted by atomic mass is 9.70. The Morgan fingerprint density at radius 2 is 2.09 bits per heavy atom. The SMILES string of the molecule is CCOC(=O)c1c(C(C)C)nc2c(c1C)C(O)CC(C)(CC)C2. The number of ether oxygens (including phenoxy) is 1. The minimum absolute atomic E-state index is 0.0611. The maximum absolute atomic E-state index is 12.4. The molecule has 0 saturated heterocycles. The predicted octanol–water partition coefficient (Wildman–Crippen LogP) is 4.09. The van der Waals surface area contributed by atoms with E-state index in [1.807, 2.05) is 20.8 Å². The van der Waals surface area contributed by atoms with Gasteiger partial charge >= 0.3 is 5.97 Å². The maximum atomic E-state index is 12.4. The van der Waals surface area contributed by atoms with Gasteiger partial charge < -0.3 is 9.84 Å². The number of carbonyl (C=O) groups is 1. The van der Waals surface area contributed by atoms with E-state index in [0.29, 0.717) is 18.6 Å². The van der Waals surface area contributed by atoms with E-state index >= 15 is 0 Å². The summed E-state index contributed by atoms with van der Waals surface area (Å²) < 4.78 is 5.23. The highest BCUT2D eigenvalue weighted by atomic mass is 16.5. The van der Waals surface area contributed by atoms with E-state index in [4.69, 9.17) is 9.72 Å². The third kappa shape index (κ3) is 3.27. The van der Waals surface area contributed by atoms with Crippen molar-refractivity contribution in [1.82, 2.24) is 4.98 Å². The second-order valence-corrected chi connectivity index (χ2v) is 7.29. The molecule has 0 spiro atoms. The van der Waals surface area contributed by atoms with Crippen LogP contribution in [0.2, 0.25) is 0 Å². The quantitative estimate of drug-likeness (QED) is 0.849. The van der Waals surface area contributed by atoms with Crippen molar-refractivity contribution in [2.75, 3.05) is 6.61 Å². The Morgan fingerprint density at radius 1 is 1.43 bits per heavy atom. The van der Waals surface area contributed by atoms with Crippen LogP contribution >= 0.6 is 0 Å². The number of hydrogen-bond donors (Lipinski definition) is 1. The van der Waals surface area contributed by atoms with Gasteiger partial charge in [-0.3, -0.25) is 4.98 Å². The van der Waals surface area contributed by atoms with E-state index in [9.17, 15) is 9.90 Å². The van der Waals surface area contributed by atoms with Crippen molar-refractivity contribution in [3.05, 3.63) is 28.1 Å². The number of aromatic nitrogens is 1. The lowest BCUT2D eigenvalue weighted by Gasteiger charge is -2.38. The molecule has 1 N–H and O–H groups in total. The smallest absolute Gasteiger partial charge is 0.340 e. The van der Waals surface area contributed by atoms with Crippen LogP contribution in [0.4, 0.5) is 0 Å². The molecule has 2 atom stereocenters. The minimum atomic E-state index is -0.564. The Bertz CT molecular complexity index is 609. The van der Waals surface area contributed by atoms with Crippen LogP contribution in [-0.4, -0.2) is 22.7 Å². The normalized spacial score (nSPS) is 23.7. The van der Waals surface area contributed by atoms with Crippen LogP contribution in [0.25, 0.3) is 0 Å². The summed E-state index contributed by atoms with van der Waals surface area (Å²) in [7, 11) is 0. The summed E-state index contributed by atoms with van der Waals surface area (Å²) in [6.45, 7) is 12.5. The molecule has 1 aliphatic carbocycles. The third-order valence-corrected chi connectivity index (χ3v) is 5.10. The zero-order valence-electron chi connectivity index (χ0n) is 15.2.